The molecule has 2 aromatic carbocycles. The van der Waals surface area contributed by atoms with Gasteiger partial charge < -0.3 is 30.3 Å². The molecule has 2 aliphatic rings. The second-order valence-electron chi connectivity index (χ2n) is 10.4. The van der Waals surface area contributed by atoms with E-state index >= 15 is 0 Å². The van der Waals surface area contributed by atoms with Crippen LogP contribution in [0.15, 0.2) is 55.1 Å². The number of hydrogen-bond donors (Lipinski definition) is 4. The zero-order chi connectivity index (χ0) is 28.2. The van der Waals surface area contributed by atoms with Crippen molar-refractivity contribution in [1.82, 2.24) is 10.2 Å². The van der Waals surface area contributed by atoms with E-state index in [1.807, 2.05) is 30.3 Å². The number of morpholine rings is 1. The molecule has 2 aromatic rings. The number of aliphatic hydroxyl groups excluding tert-OH is 1. The number of aryl methyl sites for hydroxylation is 1. The molecule has 2 fully saturated rings. The fourth-order valence-electron chi connectivity index (χ4n) is 5.84. The van der Waals surface area contributed by atoms with E-state index in [1.54, 1.807) is 17.0 Å². The van der Waals surface area contributed by atoms with Gasteiger partial charge in [-0.25, -0.2) is 4.79 Å². The van der Waals surface area contributed by atoms with Crippen molar-refractivity contribution in [1.29, 1.82) is 0 Å². The summed E-state index contributed by atoms with van der Waals surface area (Å²) >= 11 is 6.76. The highest BCUT2D eigenvalue weighted by atomic mass is 35.5. The van der Waals surface area contributed by atoms with Gasteiger partial charge in [0.25, 0.3) is 0 Å². The van der Waals surface area contributed by atoms with Gasteiger partial charge in [-0.15, -0.1) is 6.58 Å². The summed E-state index contributed by atoms with van der Waals surface area (Å²) in [5.41, 5.74) is 1.93. The average Bonchev–Trinajstić information content (AvgIpc) is 3.30. The summed E-state index contributed by atoms with van der Waals surface area (Å²) in [6.07, 6.45) is 0.946. The number of benzene rings is 2. The molecular formula is C30H37ClN2O6. The average molecular weight is 557 g/mol. The predicted molar refractivity (Wildman–Crippen MR) is 150 cm³/mol. The molecule has 1 aliphatic carbocycles. The van der Waals surface area contributed by atoms with Crippen molar-refractivity contribution in [2.75, 3.05) is 19.7 Å². The van der Waals surface area contributed by atoms with Crippen molar-refractivity contribution in [3.05, 3.63) is 71.3 Å². The molecule has 0 bridgehead atoms. The van der Waals surface area contributed by atoms with Gasteiger partial charge in [0, 0.05) is 23.0 Å². The molecule has 0 radical (unpaired) electrons. The molecule has 4 N–H and O–H groups in total. The molecule has 0 aromatic heterocycles. The second-order valence-corrected chi connectivity index (χ2v) is 10.8. The topological polar surface area (TPSA) is 119 Å². The highest BCUT2D eigenvalue weighted by molar-refractivity contribution is 6.33. The fraction of sp³-hybridized carbons (Fsp3) is 0.467. The molecule has 39 heavy (non-hydrogen) atoms. The van der Waals surface area contributed by atoms with Gasteiger partial charge in [-0.05, 0) is 54.9 Å². The third kappa shape index (κ3) is 6.30. The summed E-state index contributed by atoms with van der Waals surface area (Å²) in [6.45, 7) is 6.65. The van der Waals surface area contributed by atoms with E-state index in [9.17, 15) is 19.8 Å². The second kappa shape index (κ2) is 12.5. The fourth-order valence-corrected chi connectivity index (χ4v) is 6.13. The number of halogens is 1. The third-order valence-electron chi connectivity index (χ3n) is 7.93. The summed E-state index contributed by atoms with van der Waals surface area (Å²) in [6, 6.07) is 12.9. The molecule has 4 rings (SSSR count). The summed E-state index contributed by atoms with van der Waals surface area (Å²) in [4.78, 5) is 26.2. The lowest BCUT2D eigenvalue weighted by atomic mass is 9.79. The number of nitrogens with one attached hydrogen (secondary N) is 1. The minimum Gasteiger partial charge on any atom is -0.465 e. The van der Waals surface area contributed by atoms with Crippen LogP contribution in [0.5, 0.6) is 0 Å². The first kappa shape index (κ1) is 29.1. The lowest BCUT2D eigenvalue weighted by molar-refractivity contribution is -0.167. The number of carbonyl (C=O) groups is 2. The highest BCUT2D eigenvalue weighted by Crippen LogP contribution is 2.43. The zero-order valence-corrected chi connectivity index (χ0v) is 22.9. The Hall–Kier alpha value is -2.91. The molecule has 1 heterocycles. The van der Waals surface area contributed by atoms with Gasteiger partial charge in [-0.2, -0.15) is 0 Å². The normalized spacial score (nSPS) is 24.7. The molecule has 210 valence electrons. The van der Waals surface area contributed by atoms with Crippen LogP contribution in [0.3, 0.4) is 0 Å². The molecule has 2 amide bonds. The van der Waals surface area contributed by atoms with E-state index in [2.05, 4.69) is 24.9 Å². The largest absolute Gasteiger partial charge is 0.465 e. The van der Waals surface area contributed by atoms with E-state index in [1.165, 1.54) is 0 Å². The van der Waals surface area contributed by atoms with Crippen LogP contribution in [0, 0.1) is 5.92 Å². The first-order valence-electron chi connectivity index (χ1n) is 13.5. The maximum absolute atomic E-state index is 13.5. The summed E-state index contributed by atoms with van der Waals surface area (Å²) in [5.74, 6) is -0.694. The predicted octanol–water partition coefficient (Wildman–Crippen LogP) is 4.36. The van der Waals surface area contributed by atoms with Crippen LogP contribution in [0.4, 0.5) is 4.79 Å². The van der Waals surface area contributed by atoms with E-state index in [0.717, 1.165) is 23.1 Å². The number of carbonyl (C=O) groups excluding carboxylic acids is 1. The Balaban J connectivity index is 1.65. The van der Waals surface area contributed by atoms with Crippen molar-refractivity contribution in [2.45, 2.75) is 62.9 Å². The Morgan fingerprint density at radius 3 is 2.74 bits per heavy atom. The van der Waals surface area contributed by atoms with Crippen LogP contribution >= 0.6 is 11.6 Å². The monoisotopic (exact) mass is 556 g/mol. The first-order chi connectivity index (χ1) is 18.7. The van der Waals surface area contributed by atoms with E-state index in [-0.39, 0.29) is 31.9 Å². The molecule has 5 atom stereocenters. The van der Waals surface area contributed by atoms with Gasteiger partial charge in [0.2, 0.25) is 5.91 Å². The highest BCUT2D eigenvalue weighted by Gasteiger charge is 2.46. The zero-order valence-electron chi connectivity index (χ0n) is 22.2. The summed E-state index contributed by atoms with van der Waals surface area (Å²) < 4.78 is 6.15. The Kier molecular flexibility index (Phi) is 9.33. The van der Waals surface area contributed by atoms with Gasteiger partial charge >= 0.3 is 6.09 Å². The minimum atomic E-state index is -1.47. The lowest BCUT2D eigenvalue weighted by Gasteiger charge is -2.43. The molecule has 9 heteroatoms. The van der Waals surface area contributed by atoms with Crippen LogP contribution in [0.25, 0.3) is 11.1 Å². The van der Waals surface area contributed by atoms with Crippen molar-refractivity contribution < 1.29 is 29.6 Å². The lowest BCUT2D eigenvalue weighted by Crippen LogP contribution is -2.55. The van der Waals surface area contributed by atoms with Crippen molar-refractivity contribution >= 4 is 23.6 Å². The first-order valence-corrected chi connectivity index (χ1v) is 13.8. The number of amides is 2. The Labute approximate surface area is 234 Å². The number of hydrogen-bond acceptors (Lipinski definition) is 5. The number of rotatable bonds is 9. The number of allylic oxidation sites excluding steroid dienone is 1. The van der Waals surface area contributed by atoms with Crippen LogP contribution in [-0.2, 0) is 21.6 Å². The number of carboxylic acid groups (broad SMARTS) is 1. The number of ether oxygens (including phenoxy) is 1. The van der Waals surface area contributed by atoms with Gasteiger partial charge in [0.1, 0.15) is 11.7 Å². The summed E-state index contributed by atoms with van der Waals surface area (Å²) in [7, 11) is 0. The van der Waals surface area contributed by atoms with Crippen LogP contribution in [0.1, 0.15) is 43.7 Å². The van der Waals surface area contributed by atoms with Gasteiger partial charge in [0.15, 0.2) is 0 Å². The molecule has 1 aliphatic heterocycles. The van der Waals surface area contributed by atoms with Crippen LogP contribution < -0.4 is 5.32 Å². The van der Waals surface area contributed by atoms with Gasteiger partial charge in [0.05, 0.1) is 25.3 Å². The quantitative estimate of drug-likeness (QED) is 0.341. The maximum atomic E-state index is 13.5. The van der Waals surface area contributed by atoms with Crippen molar-refractivity contribution in [3.63, 3.8) is 0 Å². The Bertz CT molecular complexity index is 1210. The molecular weight excluding hydrogens is 520 g/mol. The molecule has 1 saturated carbocycles. The minimum absolute atomic E-state index is 0.150. The number of aliphatic hydroxyl groups is 2. The van der Waals surface area contributed by atoms with E-state index < -0.39 is 35.9 Å². The third-order valence-corrected chi connectivity index (χ3v) is 8.25. The molecule has 1 saturated heterocycles. The standard InChI is InChI=1S/C30H37ClN2O6/c1-3-5-12-30(38,22-10-7-11-23(31)27(22)20-9-6-8-19(4-2)15-20)26-18-33(13-14-39-26)28(35)21-16-24(25(34)17-21)32-29(36)37/h3,6-11,15,21,24-26,32,34,38H,1,4-5,12-14,16-18H2,2H3,(H,36,37)/t21-,24?,25?,26?,30+/m0/s1. The molecule has 0 spiro atoms. The van der Waals surface area contributed by atoms with E-state index in [4.69, 9.17) is 21.4 Å². The Morgan fingerprint density at radius 1 is 1.26 bits per heavy atom. The van der Waals surface area contributed by atoms with Crippen LogP contribution in [-0.4, -0.2) is 70.2 Å². The molecule has 8 nitrogen and oxygen atoms in total. The SMILES string of the molecule is C=CCC[C@@](O)(c1cccc(Cl)c1-c1cccc(CC)c1)C1CN(C(=O)[C@@H]2CC(O)C(NC(=O)O)C2)CCO1. The smallest absolute Gasteiger partial charge is 0.404 e. The Morgan fingerprint density at radius 2 is 2.03 bits per heavy atom. The van der Waals surface area contributed by atoms with Crippen molar-refractivity contribution in [2.24, 2.45) is 5.92 Å². The molecule has 3 unspecified atom stereocenters. The van der Waals surface area contributed by atoms with Gasteiger partial charge in [-0.3, -0.25) is 4.79 Å². The van der Waals surface area contributed by atoms with Crippen molar-refractivity contribution in [3.8, 4) is 11.1 Å². The summed E-state index contributed by atoms with van der Waals surface area (Å²) in [5, 5.41) is 34.6. The maximum Gasteiger partial charge on any atom is 0.404 e. The van der Waals surface area contributed by atoms with Crippen LogP contribution in [0.2, 0.25) is 5.02 Å². The van der Waals surface area contributed by atoms with Gasteiger partial charge in [-0.1, -0.05) is 61.0 Å². The number of nitrogens with zero attached hydrogens (tertiary/aromatic N) is 1. The van der Waals surface area contributed by atoms with E-state index in [0.29, 0.717) is 30.0 Å².